The monoisotopic (exact) mass is 173 g/mol. The molecule has 70 valence electrons. The van der Waals surface area contributed by atoms with Crippen molar-refractivity contribution in [2.75, 3.05) is 0 Å². The van der Waals surface area contributed by atoms with Gasteiger partial charge in [0.1, 0.15) is 0 Å². The Morgan fingerprint density at radius 3 is 1.83 bits per heavy atom. The van der Waals surface area contributed by atoms with Crippen molar-refractivity contribution in [3.05, 3.63) is 0 Å². The Balaban J connectivity index is 0.000000261. The summed E-state index contributed by atoms with van der Waals surface area (Å²) in [6, 6.07) is 0. The minimum Gasteiger partial charge on any atom is -0.481 e. The maximum absolute atomic E-state index is 10.2. The van der Waals surface area contributed by atoms with Crippen LogP contribution >= 0.6 is 0 Å². The van der Waals surface area contributed by atoms with Gasteiger partial charge in [-0.05, 0) is 12.8 Å². The number of carboxylic acid groups (broad SMARTS) is 1. The van der Waals surface area contributed by atoms with E-state index in [1.165, 1.54) is 6.92 Å². The molecule has 0 spiro atoms. The standard InChI is InChI=1S/C6H10O2.C2H5NO/c7-6(8)5-3-1-2-4-5;1-2(3)4/h5H,1-4H2,(H,7,8);1H3,(H2,3,4). The van der Waals surface area contributed by atoms with E-state index >= 15 is 0 Å². The quantitative estimate of drug-likeness (QED) is 0.614. The highest BCUT2D eigenvalue weighted by Crippen LogP contribution is 2.24. The smallest absolute Gasteiger partial charge is 0.306 e. The Kier molecular flexibility index (Phi) is 5.08. The first-order chi connectivity index (χ1) is 5.54. The van der Waals surface area contributed by atoms with Crippen LogP contribution in [0.4, 0.5) is 0 Å². The molecule has 0 aromatic rings. The fourth-order valence-corrected chi connectivity index (χ4v) is 1.17. The second-order valence-corrected chi connectivity index (χ2v) is 2.93. The normalized spacial score (nSPS) is 16.4. The molecule has 1 saturated carbocycles. The van der Waals surface area contributed by atoms with Gasteiger partial charge in [-0.2, -0.15) is 0 Å². The summed E-state index contributed by atoms with van der Waals surface area (Å²) in [4.78, 5) is 19.4. The Labute approximate surface area is 71.8 Å². The summed E-state index contributed by atoms with van der Waals surface area (Å²) < 4.78 is 0. The van der Waals surface area contributed by atoms with Crippen molar-refractivity contribution < 1.29 is 14.7 Å². The van der Waals surface area contributed by atoms with E-state index in [2.05, 4.69) is 5.73 Å². The van der Waals surface area contributed by atoms with Crippen molar-refractivity contribution >= 4 is 11.9 Å². The van der Waals surface area contributed by atoms with E-state index in [9.17, 15) is 9.59 Å². The molecule has 3 N–H and O–H groups in total. The number of rotatable bonds is 1. The van der Waals surface area contributed by atoms with E-state index in [1.807, 2.05) is 0 Å². The number of carboxylic acids is 1. The maximum atomic E-state index is 10.2. The number of hydrogen-bond acceptors (Lipinski definition) is 2. The molecule has 1 amide bonds. The van der Waals surface area contributed by atoms with Gasteiger partial charge in [0.15, 0.2) is 0 Å². The van der Waals surface area contributed by atoms with Crippen LogP contribution in [0.5, 0.6) is 0 Å². The molecule has 4 heteroatoms. The Morgan fingerprint density at radius 2 is 1.67 bits per heavy atom. The van der Waals surface area contributed by atoms with Crippen molar-refractivity contribution in [2.24, 2.45) is 11.7 Å². The molecule has 1 fully saturated rings. The van der Waals surface area contributed by atoms with Gasteiger partial charge < -0.3 is 10.8 Å². The van der Waals surface area contributed by atoms with Gasteiger partial charge in [0.2, 0.25) is 5.91 Å². The van der Waals surface area contributed by atoms with E-state index in [-0.39, 0.29) is 11.8 Å². The number of hydrogen-bond donors (Lipinski definition) is 2. The summed E-state index contributed by atoms with van der Waals surface area (Å²) in [6.45, 7) is 1.31. The van der Waals surface area contributed by atoms with Crippen molar-refractivity contribution in [1.82, 2.24) is 0 Å². The van der Waals surface area contributed by atoms with E-state index in [0.29, 0.717) is 0 Å². The van der Waals surface area contributed by atoms with Gasteiger partial charge in [-0.3, -0.25) is 9.59 Å². The minimum atomic E-state index is -0.609. The van der Waals surface area contributed by atoms with Crippen LogP contribution in [0.3, 0.4) is 0 Å². The lowest BCUT2D eigenvalue weighted by molar-refractivity contribution is -0.141. The number of aliphatic carboxylic acids is 1. The number of primary amides is 1. The molecule has 0 aromatic heterocycles. The lowest BCUT2D eigenvalue weighted by Crippen LogP contribution is -2.07. The Morgan fingerprint density at radius 1 is 1.33 bits per heavy atom. The highest BCUT2D eigenvalue weighted by Gasteiger charge is 2.20. The van der Waals surface area contributed by atoms with Crippen molar-refractivity contribution in [2.45, 2.75) is 32.6 Å². The third-order valence-electron chi connectivity index (χ3n) is 1.70. The van der Waals surface area contributed by atoms with Crippen molar-refractivity contribution in [3.63, 3.8) is 0 Å². The lowest BCUT2D eigenvalue weighted by Gasteiger charge is -1.97. The van der Waals surface area contributed by atoms with Gasteiger partial charge in [-0.25, -0.2) is 0 Å². The third-order valence-corrected chi connectivity index (χ3v) is 1.70. The topological polar surface area (TPSA) is 80.4 Å². The zero-order chi connectivity index (χ0) is 9.56. The number of carbonyl (C=O) groups is 2. The summed E-state index contributed by atoms with van der Waals surface area (Å²) in [7, 11) is 0. The predicted octanol–water partition coefficient (Wildman–Crippen LogP) is 0.753. The molecule has 0 unspecified atom stereocenters. The average Bonchev–Trinajstić information content (AvgIpc) is 2.34. The van der Waals surface area contributed by atoms with Crippen LogP contribution in [0, 0.1) is 5.92 Å². The van der Waals surface area contributed by atoms with E-state index in [1.54, 1.807) is 0 Å². The van der Waals surface area contributed by atoms with Gasteiger partial charge >= 0.3 is 5.97 Å². The molecule has 0 heterocycles. The number of nitrogens with two attached hydrogens (primary N) is 1. The Hall–Kier alpha value is -1.06. The van der Waals surface area contributed by atoms with Gasteiger partial charge in [0, 0.05) is 6.92 Å². The number of amides is 1. The van der Waals surface area contributed by atoms with Crippen LogP contribution in [0.2, 0.25) is 0 Å². The van der Waals surface area contributed by atoms with Gasteiger partial charge in [0.05, 0.1) is 5.92 Å². The molecular formula is C8H15NO3. The van der Waals surface area contributed by atoms with Crippen LogP contribution in [-0.2, 0) is 9.59 Å². The molecule has 0 saturated heterocycles. The summed E-state index contributed by atoms with van der Waals surface area (Å²) in [6.07, 6.45) is 4.01. The molecule has 1 rings (SSSR count). The third kappa shape index (κ3) is 5.70. The summed E-state index contributed by atoms with van der Waals surface area (Å²) in [5.41, 5.74) is 4.47. The van der Waals surface area contributed by atoms with Crippen molar-refractivity contribution in [3.8, 4) is 0 Å². The molecule has 0 aliphatic heterocycles. The number of carbonyl (C=O) groups excluding carboxylic acids is 1. The van der Waals surface area contributed by atoms with Gasteiger partial charge in [0.25, 0.3) is 0 Å². The van der Waals surface area contributed by atoms with Crippen LogP contribution in [0.1, 0.15) is 32.6 Å². The molecule has 0 bridgehead atoms. The summed E-state index contributed by atoms with van der Waals surface area (Å²) in [5, 5.41) is 8.41. The highest BCUT2D eigenvalue weighted by atomic mass is 16.4. The second-order valence-electron chi connectivity index (χ2n) is 2.93. The molecular weight excluding hydrogens is 158 g/mol. The van der Waals surface area contributed by atoms with Crippen molar-refractivity contribution in [1.29, 1.82) is 0 Å². The van der Waals surface area contributed by atoms with E-state index in [0.717, 1.165) is 25.7 Å². The fraction of sp³-hybridized carbons (Fsp3) is 0.750. The van der Waals surface area contributed by atoms with E-state index < -0.39 is 5.97 Å². The first kappa shape index (κ1) is 10.9. The van der Waals surface area contributed by atoms with Gasteiger partial charge in [-0.1, -0.05) is 12.8 Å². The molecule has 1 aliphatic carbocycles. The summed E-state index contributed by atoms with van der Waals surface area (Å²) in [5.74, 6) is -0.961. The zero-order valence-corrected chi connectivity index (χ0v) is 7.25. The Bertz CT molecular complexity index is 158. The SMILES string of the molecule is CC(N)=O.O=C(O)C1CCCC1. The first-order valence-corrected chi connectivity index (χ1v) is 4.03. The molecule has 0 atom stereocenters. The minimum absolute atomic E-state index is 0.0185. The molecule has 4 nitrogen and oxygen atoms in total. The lowest BCUT2D eigenvalue weighted by atomic mass is 10.1. The van der Waals surface area contributed by atoms with Crippen LogP contribution in [-0.4, -0.2) is 17.0 Å². The largest absolute Gasteiger partial charge is 0.481 e. The maximum Gasteiger partial charge on any atom is 0.306 e. The van der Waals surface area contributed by atoms with Crippen LogP contribution in [0.15, 0.2) is 0 Å². The average molecular weight is 173 g/mol. The molecule has 0 aromatic carbocycles. The second kappa shape index (κ2) is 5.57. The van der Waals surface area contributed by atoms with Crippen LogP contribution in [0.25, 0.3) is 0 Å². The van der Waals surface area contributed by atoms with Crippen LogP contribution < -0.4 is 5.73 Å². The highest BCUT2D eigenvalue weighted by molar-refractivity contribution is 5.70. The van der Waals surface area contributed by atoms with Gasteiger partial charge in [-0.15, -0.1) is 0 Å². The van der Waals surface area contributed by atoms with E-state index in [4.69, 9.17) is 5.11 Å². The molecule has 12 heavy (non-hydrogen) atoms. The molecule has 1 aliphatic rings. The zero-order valence-electron chi connectivity index (χ0n) is 7.25. The first-order valence-electron chi connectivity index (χ1n) is 4.03. The predicted molar refractivity (Wildman–Crippen MR) is 44.5 cm³/mol. The summed E-state index contributed by atoms with van der Waals surface area (Å²) >= 11 is 0. The molecule has 0 radical (unpaired) electrons. The fourth-order valence-electron chi connectivity index (χ4n) is 1.17.